The summed E-state index contributed by atoms with van der Waals surface area (Å²) in [6, 6.07) is 11.6. The molecule has 0 aliphatic carbocycles. The van der Waals surface area contributed by atoms with Crippen LogP contribution in [0.4, 0.5) is 11.4 Å². The number of nitrogens with one attached hydrogen (secondary N) is 1. The van der Waals surface area contributed by atoms with Crippen molar-refractivity contribution < 1.29 is 4.79 Å². The molecule has 2 heterocycles. The van der Waals surface area contributed by atoms with E-state index in [0.29, 0.717) is 0 Å². The maximum absolute atomic E-state index is 12.4. The third-order valence-electron chi connectivity index (χ3n) is 3.98. The van der Waals surface area contributed by atoms with Crippen LogP contribution in [0, 0.1) is 6.92 Å². The molecule has 0 saturated carbocycles. The van der Waals surface area contributed by atoms with E-state index in [1.165, 1.54) is 6.42 Å². The Kier molecular flexibility index (Phi) is 4.37. The Hall–Kier alpha value is -2.36. The average molecular weight is 295 g/mol. The van der Waals surface area contributed by atoms with Crippen LogP contribution in [0.15, 0.2) is 42.6 Å². The van der Waals surface area contributed by atoms with Gasteiger partial charge in [0.2, 0.25) is 0 Å². The van der Waals surface area contributed by atoms with Crippen molar-refractivity contribution in [2.75, 3.05) is 18.4 Å². The minimum atomic E-state index is 0.142. The first-order valence-corrected chi connectivity index (χ1v) is 7.81. The van der Waals surface area contributed by atoms with Gasteiger partial charge in [-0.3, -0.25) is 9.78 Å². The summed E-state index contributed by atoms with van der Waals surface area (Å²) < 4.78 is 0. The van der Waals surface area contributed by atoms with Gasteiger partial charge in [-0.1, -0.05) is 0 Å². The fourth-order valence-corrected chi connectivity index (χ4v) is 2.68. The average Bonchev–Trinajstić information content (AvgIpc) is 2.58. The van der Waals surface area contributed by atoms with E-state index in [4.69, 9.17) is 0 Å². The molecule has 1 aromatic heterocycles. The lowest BCUT2D eigenvalue weighted by Crippen LogP contribution is -2.35. The molecule has 0 atom stereocenters. The summed E-state index contributed by atoms with van der Waals surface area (Å²) in [6.07, 6.45) is 5.27. The van der Waals surface area contributed by atoms with Gasteiger partial charge in [0.05, 0.1) is 11.9 Å². The zero-order valence-electron chi connectivity index (χ0n) is 12.9. The summed E-state index contributed by atoms with van der Waals surface area (Å²) in [7, 11) is 0. The van der Waals surface area contributed by atoms with Crippen LogP contribution >= 0.6 is 0 Å². The molecular formula is C18H21N3O. The minimum Gasteiger partial charge on any atom is -0.354 e. The van der Waals surface area contributed by atoms with Gasteiger partial charge >= 0.3 is 0 Å². The molecule has 0 radical (unpaired) electrons. The van der Waals surface area contributed by atoms with E-state index in [9.17, 15) is 4.79 Å². The summed E-state index contributed by atoms with van der Waals surface area (Å²) in [5.74, 6) is 0.142. The number of hydrogen-bond acceptors (Lipinski definition) is 3. The van der Waals surface area contributed by atoms with E-state index in [0.717, 1.165) is 48.6 Å². The number of anilines is 2. The highest BCUT2D eigenvalue weighted by atomic mass is 16.2. The predicted molar refractivity (Wildman–Crippen MR) is 88.5 cm³/mol. The van der Waals surface area contributed by atoms with E-state index in [1.54, 1.807) is 0 Å². The molecule has 2 aromatic rings. The number of hydrogen-bond donors (Lipinski definition) is 1. The number of aromatic nitrogens is 1. The van der Waals surface area contributed by atoms with Gasteiger partial charge in [0.25, 0.3) is 5.91 Å². The number of piperidine rings is 1. The van der Waals surface area contributed by atoms with Crippen LogP contribution in [-0.4, -0.2) is 28.9 Å². The first kappa shape index (κ1) is 14.6. The van der Waals surface area contributed by atoms with Crippen LogP contribution in [-0.2, 0) is 0 Å². The summed E-state index contributed by atoms with van der Waals surface area (Å²) in [5, 5.41) is 3.29. The Labute approximate surface area is 131 Å². The molecule has 1 fully saturated rings. The SMILES string of the molecule is Cc1ccc(Nc2ccc(C(=O)N3CCCCC3)cc2)cn1. The molecule has 0 bridgehead atoms. The van der Waals surface area contributed by atoms with Crippen molar-refractivity contribution in [3.05, 3.63) is 53.9 Å². The summed E-state index contributed by atoms with van der Waals surface area (Å²) >= 11 is 0. The Balaban J connectivity index is 1.66. The van der Waals surface area contributed by atoms with Gasteiger partial charge in [-0.15, -0.1) is 0 Å². The zero-order chi connectivity index (χ0) is 15.4. The fraction of sp³-hybridized carbons (Fsp3) is 0.333. The number of aryl methyl sites for hydroxylation is 1. The molecule has 4 nitrogen and oxygen atoms in total. The van der Waals surface area contributed by atoms with E-state index < -0.39 is 0 Å². The van der Waals surface area contributed by atoms with Crippen LogP contribution in [0.1, 0.15) is 35.3 Å². The van der Waals surface area contributed by atoms with E-state index in [2.05, 4.69) is 10.3 Å². The number of carbonyl (C=O) groups excluding carboxylic acids is 1. The van der Waals surface area contributed by atoms with Crippen molar-refractivity contribution in [3.63, 3.8) is 0 Å². The number of pyridine rings is 1. The highest BCUT2D eigenvalue weighted by molar-refractivity contribution is 5.94. The van der Waals surface area contributed by atoms with Crippen molar-refractivity contribution >= 4 is 17.3 Å². The molecule has 1 aliphatic rings. The van der Waals surface area contributed by atoms with Gasteiger partial charge < -0.3 is 10.2 Å². The Morgan fingerprint density at radius 3 is 2.32 bits per heavy atom. The molecular weight excluding hydrogens is 274 g/mol. The zero-order valence-corrected chi connectivity index (χ0v) is 12.9. The molecule has 4 heteroatoms. The monoisotopic (exact) mass is 295 g/mol. The lowest BCUT2D eigenvalue weighted by atomic mass is 10.1. The molecule has 0 unspecified atom stereocenters. The minimum absolute atomic E-state index is 0.142. The molecule has 114 valence electrons. The second-order valence-electron chi connectivity index (χ2n) is 5.74. The Bertz CT molecular complexity index is 628. The highest BCUT2D eigenvalue weighted by Gasteiger charge is 2.17. The Morgan fingerprint density at radius 2 is 1.68 bits per heavy atom. The van der Waals surface area contributed by atoms with Crippen LogP contribution in [0.3, 0.4) is 0 Å². The molecule has 0 spiro atoms. The second kappa shape index (κ2) is 6.60. The smallest absolute Gasteiger partial charge is 0.253 e. The van der Waals surface area contributed by atoms with Crippen molar-refractivity contribution in [2.45, 2.75) is 26.2 Å². The van der Waals surface area contributed by atoms with Gasteiger partial charge in [0, 0.05) is 30.0 Å². The predicted octanol–water partition coefficient (Wildman–Crippen LogP) is 3.76. The maximum Gasteiger partial charge on any atom is 0.253 e. The van der Waals surface area contributed by atoms with Gasteiger partial charge in [-0.25, -0.2) is 0 Å². The van der Waals surface area contributed by atoms with Gasteiger partial charge in [0.1, 0.15) is 0 Å². The number of benzene rings is 1. The normalized spacial score (nSPS) is 14.7. The van der Waals surface area contributed by atoms with Gasteiger partial charge in [-0.2, -0.15) is 0 Å². The maximum atomic E-state index is 12.4. The largest absolute Gasteiger partial charge is 0.354 e. The second-order valence-corrected chi connectivity index (χ2v) is 5.74. The van der Waals surface area contributed by atoms with Gasteiger partial charge in [-0.05, 0) is 62.6 Å². The van der Waals surface area contributed by atoms with E-state index >= 15 is 0 Å². The first-order chi connectivity index (χ1) is 10.7. The molecule has 1 saturated heterocycles. The quantitative estimate of drug-likeness (QED) is 0.937. The summed E-state index contributed by atoms with van der Waals surface area (Å²) in [5.41, 5.74) is 3.66. The summed E-state index contributed by atoms with van der Waals surface area (Å²) in [6.45, 7) is 3.73. The molecule has 1 N–H and O–H groups in total. The van der Waals surface area contributed by atoms with Crippen molar-refractivity contribution in [2.24, 2.45) is 0 Å². The van der Waals surface area contributed by atoms with Crippen LogP contribution in [0.5, 0.6) is 0 Å². The Morgan fingerprint density at radius 1 is 1.00 bits per heavy atom. The van der Waals surface area contributed by atoms with Crippen molar-refractivity contribution in [1.29, 1.82) is 0 Å². The van der Waals surface area contributed by atoms with Crippen LogP contribution in [0.25, 0.3) is 0 Å². The van der Waals surface area contributed by atoms with Crippen LogP contribution in [0.2, 0.25) is 0 Å². The molecule has 3 rings (SSSR count). The summed E-state index contributed by atoms with van der Waals surface area (Å²) in [4.78, 5) is 18.6. The number of amides is 1. The van der Waals surface area contributed by atoms with Gasteiger partial charge in [0.15, 0.2) is 0 Å². The molecule has 1 aliphatic heterocycles. The number of rotatable bonds is 3. The lowest BCUT2D eigenvalue weighted by molar-refractivity contribution is 0.0724. The van der Waals surface area contributed by atoms with Crippen molar-refractivity contribution in [1.82, 2.24) is 9.88 Å². The van der Waals surface area contributed by atoms with E-state index in [-0.39, 0.29) is 5.91 Å². The molecule has 1 aromatic carbocycles. The van der Waals surface area contributed by atoms with Crippen LogP contribution < -0.4 is 5.32 Å². The van der Waals surface area contributed by atoms with E-state index in [1.807, 2.05) is 54.4 Å². The number of likely N-dealkylation sites (tertiary alicyclic amines) is 1. The number of carbonyl (C=O) groups is 1. The first-order valence-electron chi connectivity index (χ1n) is 7.81. The topological polar surface area (TPSA) is 45.2 Å². The molecule has 22 heavy (non-hydrogen) atoms. The fourth-order valence-electron chi connectivity index (χ4n) is 2.68. The highest BCUT2D eigenvalue weighted by Crippen LogP contribution is 2.18. The standard InChI is InChI=1S/C18H21N3O/c1-14-5-8-17(13-19-14)20-16-9-6-15(7-10-16)18(22)21-11-3-2-4-12-21/h5-10,13,20H,2-4,11-12H2,1H3. The molecule has 1 amide bonds. The van der Waals surface area contributed by atoms with Crippen molar-refractivity contribution in [3.8, 4) is 0 Å². The number of nitrogens with zero attached hydrogens (tertiary/aromatic N) is 2. The third kappa shape index (κ3) is 3.45. The third-order valence-corrected chi connectivity index (χ3v) is 3.98. The lowest BCUT2D eigenvalue weighted by Gasteiger charge is -2.26.